The summed E-state index contributed by atoms with van der Waals surface area (Å²) in [6, 6.07) is 4.86. The van der Waals surface area contributed by atoms with Gasteiger partial charge in [0.1, 0.15) is 0 Å². The minimum absolute atomic E-state index is 0.494. The third kappa shape index (κ3) is 2.66. The Morgan fingerprint density at radius 3 is 2.41 bits per heavy atom. The average Bonchev–Trinajstić information content (AvgIpc) is 2.80. The second-order valence-electron chi connectivity index (χ2n) is 5.27. The van der Waals surface area contributed by atoms with Crippen molar-refractivity contribution in [3.05, 3.63) is 33.8 Å². The van der Waals surface area contributed by atoms with Gasteiger partial charge >= 0.3 is 0 Å². The zero-order valence-electron chi connectivity index (χ0n) is 11.0. The van der Waals surface area contributed by atoms with Crippen LogP contribution in [0.25, 0.3) is 0 Å². The molecule has 94 valence electrons. The predicted molar refractivity (Wildman–Crippen MR) is 74.7 cm³/mol. The van der Waals surface area contributed by atoms with Crippen molar-refractivity contribution in [3.63, 3.8) is 0 Å². The maximum atomic E-state index is 6.17. The van der Waals surface area contributed by atoms with E-state index in [9.17, 15) is 0 Å². The number of benzene rings is 1. The molecule has 17 heavy (non-hydrogen) atoms. The summed E-state index contributed by atoms with van der Waals surface area (Å²) in [5.41, 5.74) is 3.93. The quantitative estimate of drug-likeness (QED) is 0.839. The molecular weight excluding hydrogens is 230 g/mol. The molecule has 0 heterocycles. The fourth-order valence-electron chi connectivity index (χ4n) is 3.07. The van der Waals surface area contributed by atoms with Gasteiger partial charge < -0.3 is 5.32 Å². The first-order valence-corrected chi connectivity index (χ1v) is 6.95. The van der Waals surface area contributed by atoms with E-state index in [1.807, 2.05) is 0 Å². The molecule has 0 spiro atoms. The summed E-state index contributed by atoms with van der Waals surface area (Å²) in [7, 11) is 2.08. The zero-order chi connectivity index (χ0) is 12.4. The Balaban J connectivity index is 2.32. The highest BCUT2D eigenvalue weighted by Gasteiger charge is 2.26. The van der Waals surface area contributed by atoms with Gasteiger partial charge in [-0.25, -0.2) is 0 Å². The standard InChI is InChI=1S/C15H22ClN/c1-10-9-14(16)11(2)8-13(10)15(17-3)12-6-4-5-7-12/h8-9,12,15,17H,4-7H2,1-3H3. The second-order valence-corrected chi connectivity index (χ2v) is 5.68. The maximum absolute atomic E-state index is 6.17. The molecule has 1 unspecified atom stereocenters. The van der Waals surface area contributed by atoms with E-state index in [-0.39, 0.29) is 0 Å². The molecule has 0 amide bonds. The average molecular weight is 252 g/mol. The summed E-state index contributed by atoms with van der Waals surface area (Å²) in [6.07, 6.45) is 5.47. The van der Waals surface area contributed by atoms with Crippen molar-refractivity contribution in [1.29, 1.82) is 0 Å². The summed E-state index contributed by atoms with van der Waals surface area (Å²) < 4.78 is 0. The minimum atomic E-state index is 0.494. The van der Waals surface area contributed by atoms with Gasteiger partial charge in [-0.1, -0.05) is 30.5 Å². The summed E-state index contributed by atoms with van der Waals surface area (Å²) >= 11 is 6.17. The van der Waals surface area contributed by atoms with Gasteiger partial charge in [0, 0.05) is 11.1 Å². The van der Waals surface area contributed by atoms with E-state index in [4.69, 9.17) is 11.6 Å². The number of hydrogen-bond acceptors (Lipinski definition) is 1. The molecule has 1 aliphatic carbocycles. The third-order valence-corrected chi connectivity index (χ3v) is 4.47. The van der Waals surface area contributed by atoms with Gasteiger partial charge in [0.15, 0.2) is 0 Å². The van der Waals surface area contributed by atoms with Gasteiger partial charge in [-0.15, -0.1) is 0 Å². The lowest BCUT2D eigenvalue weighted by Gasteiger charge is -2.25. The first-order valence-electron chi connectivity index (χ1n) is 6.57. The highest BCUT2D eigenvalue weighted by Crippen LogP contribution is 2.37. The molecule has 1 nitrogen and oxygen atoms in total. The van der Waals surface area contributed by atoms with Crippen molar-refractivity contribution in [3.8, 4) is 0 Å². The smallest absolute Gasteiger partial charge is 0.0438 e. The monoisotopic (exact) mass is 251 g/mol. The topological polar surface area (TPSA) is 12.0 Å². The Labute approximate surface area is 110 Å². The van der Waals surface area contributed by atoms with E-state index in [0.717, 1.165) is 10.9 Å². The van der Waals surface area contributed by atoms with E-state index in [0.29, 0.717) is 6.04 Å². The molecule has 1 atom stereocenters. The van der Waals surface area contributed by atoms with Crippen LogP contribution in [-0.4, -0.2) is 7.05 Å². The van der Waals surface area contributed by atoms with Crippen molar-refractivity contribution >= 4 is 11.6 Å². The SMILES string of the molecule is CNC(c1cc(C)c(Cl)cc1C)C1CCCC1. The number of halogens is 1. The van der Waals surface area contributed by atoms with Crippen LogP contribution in [0.1, 0.15) is 48.4 Å². The van der Waals surface area contributed by atoms with E-state index in [1.54, 1.807) is 0 Å². The molecule has 1 aromatic carbocycles. The molecule has 0 radical (unpaired) electrons. The molecule has 0 aliphatic heterocycles. The van der Waals surface area contributed by atoms with Crippen LogP contribution in [0, 0.1) is 19.8 Å². The largest absolute Gasteiger partial charge is 0.313 e. The van der Waals surface area contributed by atoms with Gasteiger partial charge in [-0.05, 0) is 62.4 Å². The Hall–Kier alpha value is -0.530. The Morgan fingerprint density at radius 1 is 1.18 bits per heavy atom. The zero-order valence-corrected chi connectivity index (χ0v) is 11.8. The van der Waals surface area contributed by atoms with E-state index in [2.05, 4.69) is 38.3 Å². The first kappa shape index (κ1) is 12.9. The van der Waals surface area contributed by atoms with Crippen LogP contribution < -0.4 is 5.32 Å². The molecule has 2 rings (SSSR count). The van der Waals surface area contributed by atoms with Crippen LogP contribution in [0.2, 0.25) is 5.02 Å². The lowest BCUT2D eigenvalue weighted by Crippen LogP contribution is -2.24. The van der Waals surface area contributed by atoms with Crippen molar-refractivity contribution < 1.29 is 0 Å². The van der Waals surface area contributed by atoms with Crippen molar-refractivity contribution in [2.24, 2.45) is 5.92 Å². The van der Waals surface area contributed by atoms with Crippen LogP contribution in [0.3, 0.4) is 0 Å². The Kier molecular flexibility index (Phi) is 4.11. The van der Waals surface area contributed by atoms with Crippen molar-refractivity contribution in [2.45, 2.75) is 45.6 Å². The summed E-state index contributed by atoms with van der Waals surface area (Å²) in [5, 5.41) is 4.39. The third-order valence-electron chi connectivity index (χ3n) is 4.06. The first-order chi connectivity index (χ1) is 8.13. The number of nitrogens with one attached hydrogen (secondary N) is 1. The van der Waals surface area contributed by atoms with Gasteiger partial charge in [-0.3, -0.25) is 0 Å². The van der Waals surface area contributed by atoms with Crippen molar-refractivity contribution in [2.75, 3.05) is 7.05 Å². The maximum Gasteiger partial charge on any atom is 0.0438 e. The fourth-order valence-corrected chi connectivity index (χ4v) is 3.29. The van der Waals surface area contributed by atoms with Gasteiger partial charge in [0.2, 0.25) is 0 Å². The lowest BCUT2D eigenvalue weighted by atomic mass is 9.88. The summed E-state index contributed by atoms with van der Waals surface area (Å²) in [5.74, 6) is 0.791. The van der Waals surface area contributed by atoms with Crippen LogP contribution in [0.5, 0.6) is 0 Å². The molecule has 0 bridgehead atoms. The van der Waals surface area contributed by atoms with E-state index >= 15 is 0 Å². The highest BCUT2D eigenvalue weighted by atomic mass is 35.5. The molecule has 1 saturated carbocycles. The molecule has 0 saturated heterocycles. The minimum Gasteiger partial charge on any atom is -0.313 e. The number of aryl methyl sites for hydroxylation is 2. The van der Waals surface area contributed by atoms with E-state index < -0.39 is 0 Å². The second kappa shape index (κ2) is 5.41. The number of rotatable bonds is 3. The number of hydrogen-bond donors (Lipinski definition) is 1. The molecule has 2 heteroatoms. The van der Waals surface area contributed by atoms with Gasteiger partial charge in [-0.2, -0.15) is 0 Å². The van der Waals surface area contributed by atoms with Crippen LogP contribution in [0.15, 0.2) is 12.1 Å². The lowest BCUT2D eigenvalue weighted by molar-refractivity contribution is 0.389. The Morgan fingerprint density at radius 2 is 1.82 bits per heavy atom. The normalized spacial score (nSPS) is 18.6. The molecule has 1 aromatic rings. The van der Waals surface area contributed by atoms with Gasteiger partial charge in [0.25, 0.3) is 0 Å². The van der Waals surface area contributed by atoms with Gasteiger partial charge in [0.05, 0.1) is 0 Å². The molecule has 1 aliphatic rings. The molecule has 0 aromatic heterocycles. The molecular formula is C15H22ClN. The fraction of sp³-hybridized carbons (Fsp3) is 0.600. The van der Waals surface area contributed by atoms with Crippen LogP contribution >= 0.6 is 11.6 Å². The van der Waals surface area contributed by atoms with E-state index in [1.165, 1.54) is 42.4 Å². The predicted octanol–water partition coefficient (Wildman–Crippen LogP) is 4.41. The summed E-state index contributed by atoms with van der Waals surface area (Å²) in [4.78, 5) is 0. The highest BCUT2D eigenvalue weighted by molar-refractivity contribution is 6.31. The Bertz CT molecular complexity index is 394. The van der Waals surface area contributed by atoms with Crippen molar-refractivity contribution in [1.82, 2.24) is 5.32 Å². The molecule has 1 N–H and O–H groups in total. The van der Waals surface area contributed by atoms with Crippen LogP contribution in [-0.2, 0) is 0 Å². The van der Waals surface area contributed by atoms with Crippen LogP contribution in [0.4, 0.5) is 0 Å². The molecule has 1 fully saturated rings. The summed E-state index contributed by atoms with van der Waals surface area (Å²) in [6.45, 7) is 4.26.